The lowest BCUT2D eigenvalue weighted by Crippen LogP contribution is -2.22. The Kier molecular flexibility index (Phi) is 10.4. The van der Waals surface area contributed by atoms with Crippen molar-refractivity contribution in [2.24, 2.45) is 0 Å². The highest BCUT2D eigenvalue weighted by Gasteiger charge is 2.09. The van der Waals surface area contributed by atoms with Gasteiger partial charge in [0, 0.05) is 0 Å². The zero-order chi connectivity index (χ0) is 16.4. The third kappa shape index (κ3) is 7.48. The fourth-order valence-corrected chi connectivity index (χ4v) is 4.31. The van der Waals surface area contributed by atoms with Crippen molar-refractivity contribution in [3.8, 4) is 5.75 Å². The van der Waals surface area contributed by atoms with Gasteiger partial charge in [0.25, 0.3) is 0 Å². The lowest BCUT2D eigenvalue weighted by Gasteiger charge is -2.12. The number of carboxylic acid groups (broad SMARTS) is 1. The van der Waals surface area contributed by atoms with E-state index < -0.39 is 5.97 Å². The summed E-state index contributed by atoms with van der Waals surface area (Å²) < 4.78 is 7.46. The molecule has 0 amide bonds. The number of hydrogen-bond donors (Lipinski definition) is 0. The fourth-order valence-electron chi connectivity index (χ4n) is 2.23. The SMILES string of the molecule is CCCCCCCCCCOc1c(I)cc(C(=O)[O-])cc1I. The Balaban J connectivity index is 2.26. The van der Waals surface area contributed by atoms with Gasteiger partial charge in [0.05, 0.1) is 19.7 Å². The van der Waals surface area contributed by atoms with E-state index in [1.54, 1.807) is 12.1 Å². The van der Waals surface area contributed by atoms with E-state index in [0.717, 1.165) is 19.3 Å². The number of benzene rings is 1. The number of hydrogen-bond acceptors (Lipinski definition) is 3. The molecule has 0 bridgehead atoms. The molecule has 0 heterocycles. The van der Waals surface area contributed by atoms with E-state index in [0.29, 0.717) is 6.61 Å². The number of halogens is 2. The summed E-state index contributed by atoms with van der Waals surface area (Å²) >= 11 is 4.22. The number of carboxylic acids is 1. The first-order chi connectivity index (χ1) is 10.6. The molecule has 0 spiro atoms. The molecule has 0 aliphatic carbocycles. The molecule has 1 aromatic rings. The second-order valence-corrected chi connectivity index (χ2v) is 7.70. The van der Waals surface area contributed by atoms with Gasteiger partial charge in [-0.15, -0.1) is 0 Å². The maximum atomic E-state index is 10.9. The van der Waals surface area contributed by atoms with Crippen LogP contribution in [0.1, 0.15) is 68.6 Å². The highest BCUT2D eigenvalue weighted by atomic mass is 127. The Morgan fingerprint density at radius 1 is 1.00 bits per heavy atom. The zero-order valence-corrected chi connectivity index (χ0v) is 17.3. The minimum absolute atomic E-state index is 0.202. The Hall–Kier alpha value is -0.0500. The van der Waals surface area contributed by atoms with Gasteiger partial charge in [0.15, 0.2) is 0 Å². The van der Waals surface area contributed by atoms with Gasteiger partial charge in [-0.25, -0.2) is 0 Å². The van der Waals surface area contributed by atoms with Crippen LogP contribution >= 0.6 is 45.2 Å². The van der Waals surface area contributed by atoms with Gasteiger partial charge in [-0.3, -0.25) is 0 Å². The van der Waals surface area contributed by atoms with Gasteiger partial charge in [-0.2, -0.15) is 0 Å². The molecular weight excluding hydrogens is 506 g/mol. The number of aromatic carboxylic acids is 1. The van der Waals surface area contributed by atoms with E-state index in [1.165, 1.54) is 44.9 Å². The lowest BCUT2D eigenvalue weighted by atomic mass is 10.1. The zero-order valence-electron chi connectivity index (χ0n) is 13.0. The molecule has 0 aliphatic heterocycles. The molecule has 0 fully saturated rings. The summed E-state index contributed by atoms with van der Waals surface area (Å²) in [6.07, 6.45) is 10.2. The van der Waals surface area contributed by atoms with Crippen LogP contribution in [0.25, 0.3) is 0 Å². The molecule has 0 unspecified atom stereocenters. The molecule has 0 N–H and O–H groups in total. The Bertz CT molecular complexity index is 452. The molecule has 0 radical (unpaired) electrons. The van der Waals surface area contributed by atoms with E-state index >= 15 is 0 Å². The highest BCUT2D eigenvalue weighted by molar-refractivity contribution is 14.1. The van der Waals surface area contributed by atoms with Gasteiger partial charge in [-0.05, 0) is 69.3 Å². The van der Waals surface area contributed by atoms with Crippen molar-refractivity contribution >= 4 is 51.2 Å². The van der Waals surface area contributed by atoms with E-state index in [1.807, 2.05) is 0 Å². The van der Waals surface area contributed by atoms with Crippen molar-refractivity contribution in [2.45, 2.75) is 58.3 Å². The predicted octanol–water partition coefficient (Wildman–Crippen LogP) is 4.78. The molecule has 0 saturated carbocycles. The third-order valence-electron chi connectivity index (χ3n) is 3.48. The minimum Gasteiger partial charge on any atom is -0.545 e. The topological polar surface area (TPSA) is 49.4 Å². The van der Waals surface area contributed by atoms with Crippen molar-refractivity contribution in [2.75, 3.05) is 6.61 Å². The van der Waals surface area contributed by atoms with Crippen LogP contribution in [0.2, 0.25) is 0 Å². The van der Waals surface area contributed by atoms with Crippen LogP contribution in [-0.4, -0.2) is 12.6 Å². The van der Waals surface area contributed by atoms with Crippen LogP contribution in [0.3, 0.4) is 0 Å². The summed E-state index contributed by atoms with van der Waals surface area (Å²) in [5, 5.41) is 10.9. The van der Waals surface area contributed by atoms with Crippen LogP contribution in [0.4, 0.5) is 0 Å². The van der Waals surface area contributed by atoms with Crippen molar-refractivity contribution in [3.05, 3.63) is 24.8 Å². The van der Waals surface area contributed by atoms with Crippen LogP contribution in [-0.2, 0) is 0 Å². The summed E-state index contributed by atoms with van der Waals surface area (Å²) in [7, 11) is 0. The molecule has 1 aromatic carbocycles. The first kappa shape index (κ1) is 20.0. The smallest absolute Gasteiger partial charge is 0.145 e. The van der Waals surface area contributed by atoms with E-state index in [4.69, 9.17) is 4.74 Å². The molecular formula is C17H23I2O3-. The van der Waals surface area contributed by atoms with Crippen LogP contribution in [0.5, 0.6) is 5.75 Å². The number of unbranched alkanes of at least 4 members (excludes halogenated alkanes) is 7. The summed E-state index contributed by atoms with van der Waals surface area (Å²) in [5.74, 6) is -0.361. The van der Waals surface area contributed by atoms with Crippen LogP contribution < -0.4 is 9.84 Å². The standard InChI is InChI=1S/C17H24I2O3/c1-2-3-4-5-6-7-8-9-10-22-16-14(18)11-13(17(20)21)12-15(16)19/h11-12H,2-10H2,1H3,(H,20,21)/p-1. The van der Waals surface area contributed by atoms with E-state index in [9.17, 15) is 9.90 Å². The van der Waals surface area contributed by atoms with Gasteiger partial charge in [0.2, 0.25) is 0 Å². The first-order valence-electron chi connectivity index (χ1n) is 7.89. The molecule has 22 heavy (non-hydrogen) atoms. The average Bonchev–Trinajstić information content (AvgIpc) is 2.47. The van der Waals surface area contributed by atoms with Crippen molar-refractivity contribution < 1.29 is 14.6 Å². The first-order valence-corrected chi connectivity index (χ1v) is 10.0. The normalized spacial score (nSPS) is 10.7. The molecule has 0 saturated heterocycles. The van der Waals surface area contributed by atoms with Gasteiger partial charge >= 0.3 is 0 Å². The Labute approximate surface area is 160 Å². The highest BCUT2D eigenvalue weighted by Crippen LogP contribution is 2.29. The molecule has 0 aliphatic rings. The second-order valence-electron chi connectivity index (χ2n) is 5.38. The molecule has 0 atom stereocenters. The second kappa shape index (κ2) is 11.5. The average molecular weight is 529 g/mol. The molecule has 3 nitrogen and oxygen atoms in total. The third-order valence-corrected chi connectivity index (χ3v) is 5.08. The maximum Gasteiger partial charge on any atom is 0.145 e. The fraction of sp³-hybridized carbons (Fsp3) is 0.588. The molecule has 1 rings (SSSR count). The minimum atomic E-state index is -1.15. The summed E-state index contributed by atoms with van der Waals surface area (Å²) in [5.41, 5.74) is 0.202. The largest absolute Gasteiger partial charge is 0.545 e. The monoisotopic (exact) mass is 529 g/mol. The quantitative estimate of drug-likeness (QED) is 0.307. The lowest BCUT2D eigenvalue weighted by molar-refractivity contribution is -0.255. The molecule has 124 valence electrons. The summed E-state index contributed by atoms with van der Waals surface area (Å²) in [6, 6.07) is 3.20. The van der Waals surface area contributed by atoms with E-state index in [-0.39, 0.29) is 5.56 Å². The molecule has 0 aromatic heterocycles. The van der Waals surface area contributed by atoms with Gasteiger partial charge < -0.3 is 14.6 Å². The number of ether oxygens (including phenoxy) is 1. The number of carbonyl (C=O) groups excluding carboxylic acids is 1. The summed E-state index contributed by atoms with van der Waals surface area (Å²) in [6.45, 7) is 2.92. The Morgan fingerprint density at radius 2 is 1.50 bits per heavy atom. The van der Waals surface area contributed by atoms with Crippen molar-refractivity contribution in [1.29, 1.82) is 0 Å². The number of carbonyl (C=O) groups is 1. The van der Waals surface area contributed by atoms with Gasteiger partial charge in [-0.1, -0.05) is 51.9 Å². The van der Waals surface area contributed by atoms with Crippen molar-refractivity contribution in [3.63, 3.8) is 0 Å². The maximum absolute atomic E-state index is 10.9. The van der Waals surface area contributed by atoms with E-state index in [2.05, 4.69) is 52.1 Å². The Morgan fingerprint density at radius 3 is 2.00 bits per heavy atom. The number of rotatable bonds is 11. The van der Waals surface area contributed by atoms with Gasteiger partial charge in [0.1, 0.15) is 5.75 Å². The molecule has 5 heteroatoms. The van der Waals surface area contributed by atoms with Crippen molar-refractivity contribution in [1.82, 2.24) is 0 Å². The summed E-state index contributed by atoms with van der Waals surface area (Å²) in [4.78, 5) is 10.9. The predicted molar refractivity (Wildman–Crippen MR) is 104 cm³/mol. The van der Waals surface area contributed by atoms with Crippen LogP contribution in [0.15, 0.2) is 12.1 Å². The van der Waals surface area contributed by atoms with Crippen LogP contribution in [0, 0.1) is 7.14 Å².